The minimum absolute atomic E-state index is 0.277. The molecule has 1 unspecified atom stereocenters. The van der Waals surface area contributed by atoms with Gasteiger partial charge in [-0.15, -0.1) is 0 Å². The van der Waals surface area contributed by atoms with Crippen molar-refractivity contribution in [3.05, 3.63) is 220 Å². The van der Waals surface area contributed by atoms with Crippen LogP contribution in [0.25, 0.3) is 72.2 Å². The van der Waals surface area contributed by atoms with Crippen molar-refractivity contribution in [2.45, 2.75) is 37.5 Å². The quantitative estimate of drug-likeness (QED) is 0.167. The van der Waals surface area contributed by atoms with Gasteiger partial charge in [0.05, 0.1) is 33.2 Å². The molecule has 2 heteroatoms. The molecular formula is C56H40N2. The van der Waals surface area contributed by atoms with E-state index in [9.17, 15) is 0 Å². The van der Waals surface area contributed by atoms with E-state index in [1.54, 1.807) is 0 Å². The number of para-hydroxylation sites is 4. The minimum atomic E-state index is -0.529. The molecule has 2 aliphatic carbocycles. The highest BCUT2D eigenvalue weighted by Crippen LogP contribution is 2.61. The fourth-order valence-electron chi connectivity index (χ4n) is 11.7. The van der Waals surface area contributed by atoms with Gasteiger partial charge in [-0.3, -0.25) is 0 Å². The molecule has 274 valence electrons. The van der Waals surface area contributed by atoms with Gasteiger partial charge in [0.15, 0.2) is 0 Å². The normalized spacial score (nSPS) is 17.1. The van der Waals surface area contributed by atoms with Crippen LogP contribution in [0.5, 0.6) is 0 Å². The molecule has 0 bridgehead atoms. The molecule has 1 spiro atoms. The maximum Gasteiger partial charge on any atom is 0.0748 e. The zero-order chi connectivity index (χ0) is 38.3. The summed E-state index contributed by atoms with van der Waals surface area (Å²) in [5, 5.41) is 5.15. The molecule has 13 rings (SSSR count). The maximum atomic E-state index is 2.54. The smallest absolute Gasteiger partial charge is 0.0748 e. The third-order valence-corrected chi connectivity index (χ3v) is 14.0. The van der Waals surface area contributed by atoms with Crippen molar-refractivity contribution in [1.29, 1.82) is 0 Å². The number of aromatic nitrogens is 2. The van der Waals surface area contributed by atoms with E-state index >= 15 is 0 Å². The molecule has 1 atom stereocenters. The van der Waals surface area contributed by atoms with Crippen molar-refractivity contribution in [3.8, 4) is 22.5 Å². The van der Waals surface area contributed by atoms with Gasteiger partial charge in [-0.2, -0.15) is 0 Å². The minimum Gasteiger partial charge on any atom is -0.309 e. The van der Waals surface area contributed by atoms with Gasteiger partial charge in [-0.25, -0.2) is 0 Å². The summed E-state index contributed by atoms with van der Waals surface area (Å²) in [5.74, 6) is 0. The third-order valence-electron chi connectivity index (χ3n) is 14.0. The molecule has 0 N–H and O–H groups in total. The molecule has 8 aromatic carbocycles. The Morgan fingerprint density at radius 1 is 0.483 bits per heavy atom. The van der Waals surface area contributed by atoms with Crippen LogP contribution in [0, 0.1) is 0 Å². The SMILES string of the molecule is CC1(C)c2ccccc2C2(c3ccccc3-n3c4ccccc4c4cccc2c43)c2cccc(-c3ccc4c(c3)c3ccccc3n4-c3ccc4c(c3)C=CCC4)c21. The van der Waals surface area contributed by atoms with Crippen LogP contribution in [0.1, 0.15) is 64.8 Å². The Morgan fingerprint density at radius 3 is 2.00 bits per heavy atom. The molecule has 58 heavy (non-hydrogen) atoms. The van der Waals surface area contributed by atoms with Crippen LogP contribution in [0.2, 0.25) is 0 Å². The first-order valence-electron chi connectivity index (χ1n) is 20.7. The van der Waals surface area contributed by atoms with Gasteiger partial charge in [-0.05, 0) is 111 Å². The molecule has 3 aliphatic rings. The highest BCUT2D eigenvalue weighted by Gasteiger charge is 2.53. The maximum absolute atomic E-state index is 2.54. The van der Waals surface area contributed by atoms with E-state index in [0.717, 1.165) is 12.8 Å². The van der Waals surface area contributed by atoms with E-state index in [1.165, 1.54) is 111 Å². The molecule has 10 aromatic rings. The number of hydrogen-bond donors (Lipinski definition) is 0. The topological polar surface area (TPSA) is 9.86 Å². The molecule has 0 saturated carbocycles. The van der Waals surface area contributed by atoms with Crippen molar-refractivity contribution in [1.82, 2.24) is 9.13 Å². The van der Waals surface area contributed by atoms with Crippen LogP contribution in [-0.2, 0) is 17.3 Å². The summed E-state index contributed by atoms with van der Waals surface area (Å²) in [6, 6.07) is 64.8. The molecule has 0 amide bonds. The van der Waals surface area contributed by atoms with Gasteiger partial charge in [0.25, 0.3) is 0 Å². The first kappa shape index (κ1) is 32.2. The fraction of sp³-hybridized carbons (Fsp3) is 0.107. The number of nitrogens with zero attached hydrogens (tertiary/aromatic N) is 2. The average molecular weight is 741 g/mol. The summed E-state index contributed by atoms with van der Waals surface area (Å²) in [6.45, 7) is 4.89. The molecular weight excluding hydrogens is 701 g/mol. The standard InChI is InChI=1S/C56H40N2/c1-55(2)44-21-7-8-22-45(44)56(46-23-9-12-28-52(46)58-50-27-11-5-17-40(50)42-20-14-25-48(56)54(42)58)47-24-13-19-39(53(47)55)37-30-32-51-43(34-37)41-18-6-10-26-49(41)57(51)38-31-29-35-15-3-4-16-36(35)33-38/h4-14,16-34H,3,15H2,1-2H3. The monoisotopic (exact) mass is 740 g/mol. The van der Waals surface area contributed by atoms with E-state index < -0.39 is 5.41 Å². The second-order valence-corrected chi connectivity index (χ2v) is 17.1. The molecule has 0 fully saturated rings. The van der Waals surface area contributed by atoms with Gasteiger partial charge in [0, 0.05) is 32.6 Å². The summed E-state index contributed by atoms with van der Waals surface area (Å²) >= 11 is 0. The summed E-state index contributed by atoms with van der Waals surface area (Å²) < 4.78 is 5.00. The van der Waals surface area contributed by atoms with Gasteiger partial charge < -0.3 is 9.13 Å². The van der Waals surface area contributed by atoms with Gasteiger partial charge >= 0.3 is 0 Å². The van der Waals surface area contributed by atoms with Crippen molar-refractivity contribution in [2.24, 2.45) is 0 Å². The van der Waals surface area contributed by atoms with Crippen LogP contribution >= 0.6 is 0 Å². The van der Waals surface area contributed by atoms with Crippen LogP contribution in [-0.4, -0.2) is 9.13 Å². The van der Waals surface area contributed by atoms with Crippen LogP contribution < -0.4 is 0 Å². The first-order valence-corrected chi connectivity index (χ1v) is 20.7. The number of hydrogen-bond acceptors (Lipinski definition) is 0. The lowest BCUT2D eigenvalue weighted by atomic mass is 9.52. The van der Waals surface area contributed by atoms with Crippen molar-refractivity contribution in [2.75, 3.05) is 0 Å². The molecule has 0 saturated heterocycles. The lowest BCUT2D eigenvalue weighted by Gasteiger charge is -2.50. The molecule has 3 heterocycles. The van der Waals surface area contributed by atoms with E-state index in [0.29, 0.717) is 0 Å². The second kappa shape index (κ2) is 11.4. The highest BCUT2D eigenvalue weighted by molar-refractivity contribution is 6.13. The predicted octanol–water partition coefficient (Wildman–Crippen LogP) is 13.8. The van der Waals surface area contributed by atoms with Crippen LogP contribution in [0.3, 0.4) is 0 Å². The summed E-state index contributed by atoms with van der Waals surface area (Å²) in [4.78, 5) is 0. The van der Waals surface area contributed by atoms with E-state index in [1.807, 2.05) is 0 Å². The van der Waals surface area contributed by atoms with Crippen molar-refractivity contribution in [3.63, 3.8) is 0 Å². The van der Waals surface area contributed by atoms with Crippen LogP contribution in [0.4, 0.5) is 0 Å². The molecule has 1 aliphatic heterocycles. The van der Waals surface area contributed by atoms with Crippen LogP contribution in [0.15, 0.2) is 176 Å². The van der Waals surface area contributed by atoms with Gasteiger partial charge in [0.1, 0.15) is 0 Å². The number of benzene rings is 8. The Kier molecular flexibility index (Phi) is 6.31. The van der Waals surface area contributed by atoms with Gasteiger partial charge in [-0.1, -0.05) is 153 Å². The largest absolute Gasteiger partial charge is 0.309 e. The first-order chi connectivity index (χ1) is 28.5. The summed E-state index contributed by atoms with van der Waals surface area (Å²) in [5.41, 5.74) is 20.2. The molecule has 2 aromatic heterocycles. The number of allylic oxidation sites excluding steroid dienone is 1. The average Bonchev–Trinajstić information content (AvgIpc) is 3.80. The van der Waals surface area contributed by atoms with Crippen molar-refractivity contribution < 1.29 is 0 Å². The van der Waals surface area contributed by atoms with Gasteiger partial charge in [0.2, 0.25) is 0 Å². The Bertz CT molecular complexity index is 3440. The molecule has 0 radical (unpaired) electrons. The second-order valence-electron chi connectivity index (χ2n) is 17.1. The lowest BCUT2D eigenvalue weighted by molar-refractivity contribution is 0.558. The fourth-order valence-corrected chi connectivity index (χ4v) is 11.7. The Balaban J connectivity index is 1.12. The highest BCUT2D eigenvalue weighted by atomic mass is 15.0. The Morgan fingerprint density at radius 2 is 1.14 bits per heavy atom. The Labute approximate surface area is 337 Å². The third kappa shape index (κ3) is 3.93. The Hall–Kier alpha value is -6.90. The number of aryl methyl sites for hydroxylation is 1. The number of fused-ring (bicyclic) bond motifs is 15. The molecule has 2 nitrogen and oxygen atoms in total. The number of rotatable bonds is 2. The summed E-state index contributed by atoms with van der Waals surface area (Å²) in [6.07, 6.45) is 6.82. The van der Waals surface area contributed by atoms with E-state index in [-0.39, 0.29) is 5.41 Å². The zero-order valence-corrected chi connectivity index (χ0v) is 32.6. The zero-order valence-electron chi connectivity index (χ0n) is 32.6. The van der Waals surface area contributed by atoms with E-state index in [4.69, 9.17) is 0 Å². The van der Waals surface area contributed by atoms with Crippen molar-refractivity contribution >= 4 is 49.7 Å². The lowest BCUT2D eigenvalue weighted by Crippen LogP contribution is -2.44. The van der Waals surface area contributed by atoms with E-state index in [2.05, 4.69) is 205 Å². The predicted molar refractivity (Wildman–Crippen MR) is 242 cm³/mol. The summed E-state index contributed by atoms with van der Waals surface area (Å²) in [7, 11) is 0.